The molecule has 0 saturated heterocycles. The molecule has 52 heavy (non-hydrogen) atoms. The number of aliphatic hydroxyl groups is 4. The maximum Gasteiger partial charge on any atom is 0.350 e. The quantitative estimate of drug-likeness (QED) is 0.0351. The fraction of sp³-hybridized carbons (Fsp3) is 0.440. The summed E-state index contributed by atoms with van der Waals surface area (Å²) in [7, 11) is -4.31. The highest BCUT2D eigenvalue weighted by Crippen LogP contribution is 2.34. The Labute approximate surface area is 290 Å². The van der Waals surface area contributed by atoms with Crippen molar-refractivity contribution < 1.29 is 49.0 Å². The standard InChI is InChI=1S/C9H13N5O4.C8H11N5O3.C8H14N3O6P/c10-9-12-7-6(8(17)13-9)11-3-14(7)4-18-5(1-15)2-16;9-8-11-6-5(7(15)12-8)10-3-13(6)4-16-2-1-14;9-7-1-2-11(8(13)10-7)3-6(4-12)17-5-18(14,15)16/h3,5,15-16H,1-2,4H2,(H3,10,12,13,17);3,14H,1-2,4H2,(H3,9,11,12,15);1-2,6,12H,3-5H2,(H2,9,10,13)(H2,14,15,16)/t;;6-/m..0/s1. The molecule has 0 unspecified atom stereocenters. The van der Waals surface area contributed by atoms with E-state index in [1.54, 1.807) is 0 Å². The highest BCUT2D eigenvalue weighted by molar-refractivity contribution is 7.51. The van der Waals surface area contributed by atoms with Gasteiger partial charge in [0.15, 0.2) is 22.3 Å². The lowest BCUT2D eigenvalue weighted by Gasteiger charge is -2.16. The highest BCUT2D eigenvalue weighted by Gasteiger charge is 2.18. The van der Waals surface area contributed by atoms with Crippen molar-refractivity contribution in [2.24, 2.45) is 0 Å². The summed E-state index contributed by atoms with van der Waals surface area (Å²) >= 11 is 0. The summed E-state index contributed by atoms with van der Waals surface area (Å²) in [6.45, 7) is -0.885. The first-order chi connectivity index (χ1) is 24.7. The number of H-pyrrole nitrogens is 2. The Hall–Kier alpha value is -5.15. The fourth-order valence-corrected chi connectivity index (χ4v) is 4.28. The first-order valence-corrected chi connectivity index (χ1v) is 16.5. The normalized spacial score (nSPS) is 12.1. The number of aromatic amines is 2. The fourth-order valence-electron chi connectivity index (χ4n) is 3.87. The predicted molar refractivity (Wildman–Crippen MR) is 179 cm³/mol. The summed E-state index contributed by atoms with van der Waals surface area (Å²) in [6, 6.07) is 1.39. The first-order valence-electron chi connectivity index (χ1n) is 14.7. The van der Waals surface area contributed by atoms with E-state index in [1.165, 1.54) is 34.1 Å². The second kappa shape index (κ2) is 19.5. The van der Waals surface area contributed by atoms with Crippen LogP contribution in [0.2, 0.25) is 0 Å². The molecule has 5 heterocycles. The van der Waals surface area contributed by atoms with Gasteiger partial charge < -0.3 is 61.6 Å². The predicted octanol–water partition coefficient (Wildman–Crippen LogP) is -4.96. The van der Waals surface area contributed by atoms with Gasteiger partial charge >= 0.3 is 13.3 Å². The van der Waals surface area contributed by atoms with Crippen LogP contribution in [0.1, 0.15) is 0 Å². The monoisotopic (exact) mass is 759 g/mol. The Bertz CT molecular complexity index is 2110. The van der Waals surface area contributed by atoms with Crippen LogP contribution >= 0.6 is 7.60 Å². The molecule has 0 amide bonds. The second-order valence-electron chi connectivity index (χ2n) is 10.3. The van der Waals surface area contributed by atoms with Gasteiger partial charge in [-0.25, -0.2) is 14.8 Å². The average molecular weight is 760 g/mol. The molecule has 0 spiro atoms. The average Bonchev–Trinajstić information content (AvgIpc) is 3.69. The van der Waals surface area contributed by atoms with Gasteiger partial charge in [-0.3, -0.25) is 37.8 Å². The molecule has 0 aliphatic heterocycles. The number of nitrogens with two attached hydrogens (primary N) is 3. The second-order valence-corrected chi connectivity index (χ2v) is 11.9. The summed E-state index contributed by atoms with van der Waals surface area (Å²) in [6.07, 6.45) is 1.73. The number of hydrogen-bond acceptors (Lipinski definition) is 19. The molecule has 14 N–H and O–H groups in total. The molecule has 0 aromatic carbocycles. The number of aliphatic hydroxyl groups excluding tert-OH is 4. The van der Waals surface area contributed by atoms with Gasteiger partial charge in [-0.2, -0.15) is 15.0 Å². The van der Waals surface area contributed by atoms with Gasteiger partial charge in [-0.1, -0.05) is 0 Å². The topological polar surface area (TPSA) is 406 Å². The largest absolute Gasteiger partial charge is 0.394 e. The van der Waals surface area contributed by atoms with Crippen molar-refractivity contribution in [1.29, 1.82) is 0 Å². The van der Waals surface area contributed by atoms with Crippen molar-refractivity contribution >= 4 is 47.6 Å². The number of rotatable bonds is 15. The number of nitrogens with zero attached hydrogens (tertiary/aromatic N) is 8. The van der Waals surface area contributed by atoms with Gasteiger partial charge in [-0.05, 0) is 6.07 Å². The van der Waals surface area contributed by atoms with Gasteiger partial charge in [0.2, 0.25) is 11.9 Å². The number of hydrogen-bond donors (Lipinski definition) is 11. The molecule has 0 saturated carbocycles. The van der Waals surface area contributed by atoms with Crippen LogP contribution < -0.4 is 34.0 Å². The molecule has 26 nitrogen and oxygen atoms in total. The van der Waals surface area contributed by atoms with Gasteiger partial charge in [-0.15, -0.1) is 0 Å². The first kappa shape index (κ1) is 41.3. The van der Waals surface area contributed by atoms with Crippen LogP contribution in [-0.2, 0) is 38.8 Å². The van der Waals surface area contributed by atoms with E-state index in [9.17, 15) is 18.9 Å². The van der Waals surface area contributed by atoms with Crippen molar-refractivity contribution in [3.63, 3.8) is 0 Å². The zero-order chi connectivity index (χ0) is 38.4. The summed E-state index contributed by atoms with van der Waals surface area (Å²) in [5, 5.41) is 35.3. The van der Waals surface area contributed by atoms with Gasteiger partial charge in [0.25, 0.3) is 11.1 Å². The summed E-state index contributed by atoms with van der Waals surface area (Å²) < 4.78 is 29.8. The number of ether oxygens (including phenoxy) is 3. The number of fused-ring (bicyclic) bond motifs is 2. The number of aromatic nitrogens is 10. The van der Waals surface area contributed by atoms with E-state index < -0.39 is 44.0 Å². The zero-order valence-electron chi connectivity index (χ0n) is 27.1. The van der Waals surface area contributed by atoms with E-state index in [0.29, 0.717) is 5.65 Å². The van der Waals surface area contributed by atoms with E-state index in [1.807, 2.05) is 0 Å². The van der Waals surface area contributed by atoms with Crippen LogP contribution in [-0.4, -0.2) is 130 Å². The minimum absolute atomic E-state index is 0.00181. The molecule has 5 rings (SSSR count). The number of nitrogens with one attached hydrogen (secondary N) is 2. The molecular weight excluding hydrogens is 721 g/mol. The third kappa shape index (κ3) is 12.3. The summed E-state index contributed by atoms with van der Waals surface area (Å²) in [4.78, 5) is 75.3. The van der Waals surface area contributed by atoms with E-state index >= 15 is 0 Å². The Kier molecular flexibility index (Phi) is 15.4. The van der Waals surface area contributed by atoms with Crippen molar-refractivity contribution in [3.8, 4) is 0 Å². The van der Waals surface area contributed by atoms with Crippen LogP contribution in [0.4, 0.5) is 17.7 Å². The zero-order valence-corrected chi connectivity index (χ0v) is 28.0. The Morgan fingerprint density at radius 3 is 1.79 bits per heavy atom. The summed E-state index contributed by atoms with van der Waals surface area (Å²) in [5.41, 5.74) is 15.7. The molecular formula is C25H38N13O13P. The molecule has 0 radical (unpaired) electrons. The maximum absolute atomic E-state index is 11.5. The van der Waals surface area contributed by atoms with Crippen molar-refractivity contribution in [3.05, 3.63) is 56.1 Å². The van der Waals surface area contributed by atoms with Crippen LogP contribution in [0.15, 0.2) is 39.3 Å². The lowest BCUT2D eigenvalue weighted by molar-refractivity contribution is -0.0488. The lowest BCUT2D eigenvalue weighted by Crippen LogP contribution is -2.32. The van der Waals surface area contributed by atoms with Crippen LogP contribution in [0.25, 0.3) is 22.3 Å². The molecule has 27 heteroatoms. The van der Waals surface area contributed by atoms with Gasteiger partial charge in [0.05, 0.1) is 58.3 Å². The van der Waals surface area contributed by atoms with E-state index in [-0.39, 0.29) is 86.4 Å². The SMILES string of the molecule is Nc1ccn(C[C@@H](CO)OCP(=O)(O)O)c(=O)n1.Nc1nc2c(ncn2COC(CO)CO)c(=O)[nH]1.Nc1nc2c(ncn2COCCO)c(=O)[nH]1. The lowest BCUT2D eigenvalue weighted by atomic mass is 10.3. The molecule has 5 aromatic heterocycles. The number of nitrogen functional groups attached to an aromatic ring is 3. The minimum atomic E-state index is -4.31. The maximum atomic E-state index is 11.5. The highest BCUT2D eigenvalue weighted by atomic mass is 31.2. The molecule has 5 aromatic rings. The van der Waals surface area contributed by atoms with E-state index in [0.717, 1.165) is 4.57 Å². The summed E-state index contributed by atoms with van der Waals surface area (Å²) in [5.74, 6) is 0.0736. The van der Waals surface area contributed by atoms with E-state index in [4.69, 9.17) is 61.6 Å². The molecule has 0 fully saturated rings. The third-order valence-electron chi connectivity index (χ3n) is 6.29. The Balaban J connectivity index is 0.000000211. The molecule has 0 aliphatic rings. The van der Waals surface area contributed by atoms with Crippen LogP contribution in [0, 0.1) is 0 Å². The molecule has 286 valence electrons. The Morgan fingerprint density at radius 1 is 0.769 bits per heavy atom. The van der Waals surface area contributed by atoms with Crippen molar-refractivity contribution in [2.45, 2.75) is 32.2 Å². The number of imidazole rings is 2. The third-order valence-corrected chi connectivity index (χ3v) is 6.77. The van der Waals surface area contributed by atoms with Gasteiger partial charge in [0, 0.05) is 6.20 Å². The van der Waals surface area contributed by atoms with E-state index in [2.05, 4.69) is 34.9 Å². The van der Waals surface area contributed by atoms with Crippen molar-refractivity contribution in [1.82, 2.24) is 48.6 Å². The molecule has 0 bridgehead atoms. The minimum Gasteiger partial charge on any atom is -0.394 e. The smallest absolute Gasteiger partial charge is 0.350 e. The van der Waals surface area contributed by atoms with Crippen LogP contribution in [0.3, 0.4) is 0 Å². The molecule has 0 aliphatic carbocycles. The Morgan fingerprint density at radius 2 is 1.31 bits per heavy atom. The molecule has 1 atom stereocenters. The van der Waals surface area contributed by atoms with Crippen LogP contribution in [0.5, 0.6) is 0 Å². The van der Waals surface area contributed by atoms with Gasteiger partial charge in [0.1, 0.15) is 31.7 Å². The number of anilines is 3. The van der Waals surface area contributed by atoms with Crippen molar-refractivity contribution in [2.75, 3.05) is 56.6 Å².